The first-order valence-corrected chi connectivity index (χ1v) is 15.2. The van der Waals surface area contributed by atoms with Crippen molar-refractivity contribution in [2.45, 2.75) is 76.2 Å². The molecule has 0 unspecified atom stereocenters. The fraction of sp³-hybridized carbons (Fsp3) is 0.607. The largest absolute Gasteiger partial charge is 0.444 e. The van der Waals surface area contributed by atoms with Gasteiger partial charge in [0.05, 0.1) is 17.6 Å². The van der Waals surface area contributed by atoms with Gasteiger partial charge in [-0.3, -0.25) is 13.9 Å². The molecule has 3 fully saturated rings. The number of oxazole rings is 1. The molecule has 3 aliphatic rings. The Labute approximate surface area is 220 Å². The molecule has 3 N–H and O–H groups in total. The first kappa shape index (κ1) is 26.1. The van der Waals surface area contributed by atoms with E-state index in [-0.39, 0.29) is 23.2 Å². The van der Waals surface area contributed by atoms with Gasteiger partial charge < -0.3 is 14.6 Å². The van der Waals surface area contributed by atoms with Gasteiger partial charge in [0.15, 0.2) is 5.89 Å². The number of nitrogens with zero attached hydrogens (tertiary/aromatic N) is 3. The number of aromatic nitrogens is 1. The molecule has 8 nitrogen and oxygen atoms in total. The predicted octanol–water partition coefficient (Wildman–Crippen LogP) is 5.66. The van der Waals surface area contributed by atoms with E-state index in [4.69, 9.17) is 9.40 Å². The molecule has 2 aromatic rings. The molecule has 1 aliphatic heterocycles. The zero-order chi connectivity index (χ0) is 26.4. The Bertz CT molecular complexity index is 1180. The molecule has 1 aromatic carbocycles. The lowest BCUT2D eigenvalue weighted by atomic mass is 9.76. The number of nitriles is 1. The molecule has 9 heteroatoms. The highest BCUT2D eigenvalue weighted by Crippen LogP contribution is 2.45. The number of rotatable bonds is 5. The van der Waals surface area contributed by atoms with E-state index in [0.717, 1.165) is 61.2 Å². The fourth-order valence-corrected chi connectivity index (χ4v) is 6.63. The van der Waals surface area contributed by atoms with Gasteiger partial charge in [0.1, 0.15) is 17.0 Å². The van der Waals surface area contributed by atoms with Crippen LogP contribution in [0, 0.1) is 17.2 Å². The second-order valence-electron chi connectivity index (χ2n) is 11.9. The van der Waals surface area contributed by atoms with Gasteiger partial charge in [-0.25, -0.2) is 4.98 Å². The van der Waals surface area contributed by atoms with Crippen molar-refractivity contribution in [3.05, 3.63) is 35.9 Å². The van der Waals surface area contributed by atoms with Crippen molar-refractivity contribution in [3.8, 4) is 17.3 Å². The van der Waals surface area contributed by atoms with E-state index in [1.54, 1.807) is 0 Å². The third-order valence-corrected chi connectivity index (χ3v) is 9.62. The van der Waals surface area contributed by atoms with Crippen LogP contribution in [-0.4, -0.2) is 50.1 Å². The van der Waals surface area contributed by atoms with Crippen LogP contribution >= 0.6 is 10.6 Å². The van der Waals surface area contributed by atoms with Gasteiger partial charge in [-0.1, -0.05) is 45.7 Å². The zero-order valence-corrected chi connectivity index (χ0v) is 22.8. The number of carbonyl (C=O) groups excluding carboxylic acids is 1. The van der Waals surface area contributed by atoms with Gasteiger partial charge >= 0.3 is 0 Å². The number of hydrogen-bond acceptors (Lipinski definition) is 7. The second-order valence-corrected chi connectivity index (χ2v) is 14.3. The number of anilines is 1. The number of hydrogen-bond donors (Lipinski definition) is 3. The number of carbonyl (C=O) groups is 1. The smallest absolute Gasteiger partial charge is 0.225 e. The minimum Gasteiger partial charge on any atom is -0.444 e. The van der Waals surface area contributed by atoms with Gasteiger partial charge in [-0.15, -0.1) is 0 Å². The summed E-state index contributed by atoms with van der Waals surface area (Å²) in [7, 11) is -2.44. The molecular formula is C28H38N4O4S. The van der Waals surface area contributed by atoms with Crippen LogP contribution in [0.5, 0.6) is 0 Å². The summed E-state index contributed by atoms with van der Waals surface area (Å²) in [5.74, 6) is 1.84. The molecule has 37 heavy (non-hydrogen) atoms. The monoisotopic (exact) mass is 526 g/mol. The highest BCUT2D eigenvalue weighted by Gasteiger charge is 2.47. The molecule has 1 aromatic heterocycles. The fourth-order valence-electron chi connectivity index (χ4n) is 5.40. The highest BCUT2D eigenvalue weighted by atomic mass is 32.3. The summed E-state index contributed by atoms with van der Waals surface area (Å²) in [5, 5.41) is 12.5. The van der Waals surface area contributed by atoms with E-state index in [0.29, 0.717) is 30.5 Å². The van der Waals surface area contributed by atoms with Crippen molar-refractivity contribution in [1.29, 1.82) is 5.26 Å². The average molecular weight is 527 g/mol. The van der Waals surface area contributed by atoms with Crippen LogP contribution in [0.4, 0.5) is 5.69 Å². The van der Waals surface area contributed by atoms with Gasteiger partial charge in [0, 0.05) is 41.6 Å². The van der Waals surface area contributed by atoms with E-state index in [9.17, 15) is 19.2 Å². The molecule has 0 radical (unpaired) electrons. The SMILES string of the molecule is CC(C)(C)c1nc(-c2ccc(N3CCS(O)(O)CC3)cc2)c([C@@H]2CCCC[C@H]2C(=O)NC2(C#N)CC2)o1. The Morgan fingerprint density at radius 1 is 1.16 bits per heavy atom. The summed E-state index contributed by atoms with van der Waals surface area (Å²) in [6.07, 6.45) is 5.07. The zero-order valence-electron chi connectivity index (χ0n) is 22.0. The second kappa shape index (κ2) is 9.64. The minimum atomic E-state index is -2.44. The van der Waals surface area contributed by atoms with Crippen molar-refractivity contribution in [2.24, 2.45) is 5.92 Å². The molecule has 1 saturated heterocycles. The van der Waals surface area contributed by atoms with Crippen LogP contribution in [-0.2, 0) is 10.2 Å². The van der Waals surface area contributed by atoms with Gasteiger partial charge in [0.2, 0.25) is 5.91 Å². The first-order chi connectivity index (χ1) is 17.5. The van der Waals surface area contributed by atoms with Crippen molar-refractivity contribution in [1.82, 2.24) is 10.3 Å². The van der Waals surface area contributed by atoms with Crippen LogP contribution in [0.15, 0.2) is 28.7 Å². The van der Waals surface area contributed by atoms with Gasteiger partial charge in [0.25, 0.3) is 0 Å². The Morgan fingerprint density at radius 2 is 1.81 bits per heavy atom. The Kier molecular flexibility index (Phi) is 6.80. The van der Waals surface area contributed by atoms with Gasteiger partial charge in [-0.05, 0) is 37.8 Å². The summed E-state index contributed by atoms with van der Waals surface area (Å²) in [6, 6.07) is 10.5. The van der Waals surface area contributed by atoms with E-state index in [1.807, 2.05) is 12.1 Å². The minimum absolute atomic E-state index is 0.0465. The molecule has 5 rings (SSSR count). The van der Waals surface area contributed by atoms with E-state index < -0.39 is 16.1 Å². The molecule has 0 bridgehead atoms. The predicted molar refractivity (Wildman–Crippen MR) is 146 cm³/mol. The molecule has 1 amide bonds. The molecular weight excluding hydrogens is 488 g/mol. The third kappa shape index (κ3) is 5.52. The third-order valence-electron chi connectivity index (χ3n) is 7.94. The maximum absolute atomic E-state index is 13.3. The lowest BCUT2D eigenvalue weighted by Gasteiger charge is -2.41. The topological polar surface area (TPSA) is 123 Å². The molecule has 2 saturated carbocycles. The number of amides is 1. The molecule has 200 valence electrons. The quantitative estimate of drug-likeness (QED) is 0.460. The van der Waals surface area contributed by atoms with E-state index >= 15 is 0 Å². The summed E-state index contributed by atoms with van der Waals surface area (Å²) < 4.78 is 26.4. The van der Waals surface area contributed by atoms with Crippen LogP contribution in [0.1, 0.15) is 76.9 Å². The summed E-state index contributed by atoms with van der Waals surface area (Å²) >= 11 is 0. The number of nitrogens with one attached hydrogen (secondary N) is 1. The van der Waals surface area contributed by atoms with Crippen molar-refractivity contribution in [2.75, 3.05) is 29.5 Å². The van der Waals surface area contributed by atoms with Gasteiger partial charge in [-0.2, -0.15) is 15.9 Å². The standard InChI is InChI=1S/C28H38N4O4S/c1-27(2,3)26-30-23(19-8-10-20(11-9-19)32-14-16-37(34,35)17-15-32)24(36-26)21-6-4-5-7-22(21)25(33)31-28(18-29)12-13-28/h8-11,21-22,34-35H,4-7,12-17H2,1-3H3,(H,31,33)/t21-,22-/m1/s1. The molecule has 2 atom stereocenters. The van der Waals surface area contributed by atoms with Crippen LogP contribution in [0.25, 0.3) is 11.3 Å². The Hall–Kier alpha value is -2.54. The Morgan fingerprint density at radius 3 is 2.41 bits per heavy atom. The maximum Gasteiger partial charge on any atom is 0.225 e. The normalized spacial score (nSPS) is 25.7. The van der Waals surface area contributed by atoms with Crippen molar-refractivity contribution in [3.63, 3.8) is 0 Å². The molecule has 2 aliphatic carbocycles. The molecule has 0 spiro atoms. The van der Waals surface area contributed by atoms with E-state index in [2.05, 4.69) is 49.2 Å². The van der Waals surface area contributed by atoms with Crippen LogP contribution in [0.3, 0.4) is 0 Å². The van der Waals surface area contributed by atoms with Crippen LogP contribution in [0.2, 0.25) is 0 Å². The highest BCUT2D eigenvalue weighted by molar-refractivity contribution is 8.24. The van der Waals surface area contributed by atoms with Crippen molar-refractivity contribution >= 4 is 22.2 Å². The number of benzene rings is 1. The lowest BCUT2D eigenvalue weighted by Crippen LogP contribution is -2.42. The van der Waals surface area contributed by atoms with Crippen LogP contribution < -0.4 is 10.2 Å². The van der Waals surface area contributed by atoms with E-state index in [1.165, 1.54) is 0 Å². The lowest BCUT2D eigenvalue weighted by molar-refractivity contribution is -0.127. The summed E-state index contributed by atoms with van der Waals surface area (Å²) in [6.45, 7) is 7.46. The average Bonchev–Trinajstić information content (AvgIpc) is 3.49. The molecule has 2 heterocycles. The maximum atomic E-state index is 13.3. The summed E-state index contributed by atoms with van der Waals surface area (Å²) in [4.78, 5) is 20.5. The first-order valence-electron chi connectivity index (χ1n) is 13.3. The Balaban J connectivity index is 1.45. The van der Waals surface area contributed by atoms with Crippen molar-refractivity contribution < 1.29 is 18.3 Å². The summed E-state index contributed by atoms with van der Waals surface area (Å²) in [5.41, 5.74) is 1.81.